The summed E-state index contributed by atoms with van der Waals surface area (Å²) in [6, 6.07) is 1.47. The molecule has 96 valence electrons. The van der Waals surface area contributed by atoms with Gasteiger partial charge in [-0.3, -0.25) is 0 Å². The predicted octanol–water partition coefficient (Wildman–Crippen LogP) is 3.03. The lowest BCUT2D eigenvalue weighted by atomic mass is 10.1. The molecule has 0 heterocycles. The average molecular weight is 226 g/mol. The van der Waals surface area contributed by atoms with Gasteiger partial charge in [0.15, 0.2) is 0 Å². The van der Waals surface area contributed by atoms with Crippen molar-refractivity contribution in [2.24, 2.45) is 0 Å². The highest BCUT2D eigenvalue weighted by atomic mass is 15.1. The molecule has 1 aliphatic carbocycles. The molecule has 0 aromatic heterocycles. The fraction of sp³-hybridized carbons (Fsp3) is 1.00. The minimum atomic E-state index is 0.633. The Hall–Kier alpha value is -0.0800. The van der Waals surface area contributed by atoms with E-state index in [-0.39, 0.29) is 0 Å². The monoisotopic (exact) mass is 226 g/mol. The Bertz CT molecular complexity index is 162. The quantitative estimate of drug-likeness (QED) is 0.700. The van der Waals surface area contributed by atoms with Crippen molar-refractivity contribution in [3.63, 3.8) is 0 Å². The predicted molar refractivity (Wildman–Crippen MR) is 71.9 cm³/mol. The second-order valence-corrected chi connectivity index (χ2v) is 5.44. The normalized spacial score (nSPS) is 21.0. The molecule has 1 saturated carbocycles. The van der Waals surface area contributed by atoms with E-state index in [9.17, 15) is 0 Å². The lowest BCUT2D eigenvalue weighted by Crippen LogP contribution is -2.42. The summed E-state index contributed by atoms with van der Waals surface area (Å²) >= 11 is 0. The van der Waals surface area contributed by atoms with Crippen LogP contribution in [-0.4, -0.2) is 37.1 Å². The summed E-state index contributed by atoms with van der Waals surface area (Å²) in [5.41, 5.74) is 0. The van der Waals surface area contributed by atoms with Crippen LogP contribution in [0.5, 0.6) is 0 Å². The molecule has 1 N–H and O–H groups in total. The van der Waals surface area contributed by atoms with E-state index in [1.165, 1.54) is 51.5 Å². The molecule has 1 unspecified atom stereocenters. The molecule has 1 aliphatic rings. The van der Waals surface area contributed by atoms with E-state index in [2.05, 4.69) is 31.1 Å². The van der Waals surface area contributed by atoms with Gasteiger partial charge >= 0.3 is 0 Å². The molecule has 2 nitrogen and oxygen atoms in total. The SMILES string of the molecule is CCCNC(C)CN(C)C1CCCCCC1. The Balaban J connectivity index is 2.23. The van der Waals surface area contributed by atoms with E-state index in [0.717, 1.165) is 12.6 Å². The number of hydrogen-bond acceptors (Lipinski definition) is 2. The molecular formula is C14H30N2. The van der Waals surface area contributed by atoms with Crippen LogP contribution in [0.1, 0.15) is 58.8 Å². The van der Waals surface area contributed by atoms with Crippen LogP contribution in [0, 0.1) is 0 Å². The van der Waals surface area contributed by atoms with Gasteiger partial charge in [0.2, 0.25) is 0 Å². The maximum absolute atomic E-state index is 3.58. The van der Waals surface area contributed by atoms with E-state index in [0.29, 0.717) is 6.04 Å². The van der Waals surface area contributed by atoms with E-state index < -0.39 is 0 Å². The summed E-state index contributed by atoms with van der Waals surface area (Å²) in [4.78, 5) is 2.58. The maximum Gasteiger partial charge on any atom is 0.0166 e. The van der Waals surface area contributed by atoms with Gasteiger partial charge in [0.25, 0.3) is 0 Å². The highest BCUT2D eigenvalue weighted by Crippen LogP contribution is 2.20. The first kappa shape index (κ1) is 14.0. The summed E-state index contributed by atoms with van der Waals surface area (Å²) in [6.07, 6.45) is 9.84. The van der Waals surface area contributed by atoms with Gasteiger partial charge in [0, 0.05) is 18.6 Å². The zero-order valence-corrected chi connectivity index (χ0v) is 11.5. The smallest absolute Gasteiger partial charge is 0.0166 e. The number of hydrogen-bond donors (Lipinski definition) is 1. The van der Waals surface area contributed by atoms with Crippen LogP contribution in [0.2, 0.25) is 0 Å². The molecule has 0 aromatic rings. The molecular weight excluding hydrogens is 196 g/mol. The van der Waals surface area contributed by atoms with Crippen molar-refractivity contribution in [2.45, 2.75) is 70.9 Å². The lowest BCUT2D eigenvalue weighted by molar-refractivity contribution is 0.202. The van der Waals surface area contributed by atoms with Gasteiger partial charge in [-0.15, -0.1) is 0 Å². The molecule has 0 spiro atoms. The fourth-order valence-electron chi connectivity index (χ4n) is 2.73. The average Bonchev–Trinajstić information content (AvgIpc) is 2.54. The molecule has 2 heteroatoms. The highest BCUT2D eigenvalue weighted by Gasteiger charge is 2.17. The van der Waals surface area contributed by atoms with Crippen molar-refractivity contribution in [3.8, 4) is 0 Å². The Morgan fingerprint density at radius 1 is 1.19 bits per heavy atom. The Morgan fingerprint density at radius 3 is 2.38 bits per heavy atom. The van der Waals surface area contributed by atoms with Gasteiger partial charge in [0.05, 0.1) is 0 Å². The van der Waals surface area contributed by atoms with Gasteiger partial charge in [0.1, 0.15) is 0 Å². The maximum atomic E-state index is 3.58. The standard InChI is InChI=1S/C14H30N2/c1-4-11-15-13(2)12-16(3)14-9-7-5-6-8-10-14/h13-15H,4-12H2,1-3H3. The van der Waals surface area contributed by atoms with Gasteiger partial charge in [-0.2, -0.15) is 0 Å². The van der Waals surface area contributed by atoms with Gasteiger partial charge in [-0.1, -0.05) is 32.6 Å². The Kier molecular flexibility index (Phi) is 7.06. The van der Waals surface area contributed by atoms with Crippen molar-refractivity contribution < 1.29 is 0 Å². The molecule has 0 saturated heterocycles. The van der Waals surface area contributed by atoms with Crippen molar-refractivity contribution in [2.75, 3.05) is 20.1 Å². The zero-order valence-electron chi connectivity index (χ0n) is 11.5. The van der Waals surface area contributed by atoms with E-state index in [4.69, 9.17) is 0 Å². The number of likely N-dealkylation sites (N-methyl/N-ethyl adjacent to an activating group) is 1. The third-order valence-electron chi connectivity index (χ3n) is 3.75. The molecule has 1 rings (SSSR count). The van der Waals surface area contributed by atoms with Crippen LogP contribution in [0.25, 0.3) is 0 Å². The second kappa shape index (κ2) is 8.08. The fourth-order valence-corrected chi connectivity index (χ4v) is 2.73. The summed E-state index contributed by atoms with van der Waals surface area (Å²) in [6.45, 7) is 6.89. The summed E-state index contributed by atoms with van der Waals surface area (Å²) in [5, 5.41) is 3.58. The number of rotatable bonds is 6. The van der Waals surface area contributed by atoms with Crippen molar-refractivity contribution in [3.05, 3.63) is 0 Å². The van der Waals surface area contributed by atoms with E-state index >= 15 is 0 Å². The number of nitrogens with one attached hydrogen (secondary N) is 1. The molecule has 16 heavy (non-hydrogen) atoms. The van der Waals surface area contributed by atoms with Crippen molar-refractivity contribution >= 4 is 0 Å². The van der Waals surface area contributed by atoms with Crippen molar-refractivity contribution in [1.82, 2.24) is 10.2 Å². The van der Waals surface area contributed by atoms with Crippen LogP contribution in [0.15, 0.2) is 0 Å². The summed E-state index contributed by atoms with van der Waals surface area (Å²) in [5.74, 6) is 0. The van der Waals surface area contributed by atoms with E-state index in [1.54, 1.807) is 0 Å². The third-order valence-corrected chi connectivity index (χ3v) is 3.75. The first-order valence-electron chi connectivity index (χ1n) is 7.17. The largest absolute Gasteiger partial charge is 0.313 e. The van der Waals surface area contributed by atoms with Crippen LogP contribution < -0.4 is 5.32 Å². The Labute approximate surface area is 102 Å². The zero-order chi connectivity index (χ0) is 11.8. The van der Waals surface area contributed by atoms with Crippen LogP contribution in [0.4, 0.5) is 0 Å². The van der Waals surface area contributed by atoms with Gasteiger partial charge in [-0.25, -0.2) is 0 Å². The van der Waals surface area contributed by atoms with Crippen LogP contribution in [-0.2, 0) is 0 Å². The van der Waals surface area contributed by atoms with Crippen molar-refractivity contribution in [1.29, 1.82) is 0 Å². The van der Waals surface area contributed by atoms with Gasteiger partial charge < -0.3 is 10.2 Å². The highest BCUT2D eigenvalue weighted by molar-refractivity contribution is 4.75. The summed E-state index contributed by atoms with van der Waals surface area (Å²) < 4.78 is 0. The van der Waals surface area contributed by atoms with Crippen LogP contribution in [0.3, 0.4) is 0 Å². The molecule has 0 radical (unpaired) electrons. The Morgan fingerprint density at radius 2 is 1.81 bits per heavy atom. The first-order valence-corrected chi connectivity index (χ1v) is 7.17. The van der Waals surface area contributed by atoms with Gasteiger partial charge in [-0.05, 0) is 39.8 Å². The minimum absolute atomic E-state index is 0.633. The number of nitrogens with zero attached hydrogens (tertiary/aromatic N) is 1. The summed E-state index contributed by atoms with van der Waals surface area (Å²) in [7, 11) is 2.31. The van der Waals surface area contributed by atoms with Crippen LogP contribution >= 0.6 is 0 Å². The molecule has 0 amide bonds. The lowest BCUT2D eigenvalue weighted by Gasteiger charge is -2.29. The molecule has 0 aromatic carbocycles. The van der Waals surface area contributed by atoms with E-state index in [1.807, 2.05) is 0 Å². The third kappa shape index (κ3) is 5.31. The molecule has 0 bridgehead atoms. The molecule has 1 fully saturated rings. The molecule has 0 aliphatic heterocycles. The topological polar surface area (TPSA) is 15.3 Å². The molecule has 1 atom stereocenters. The minimum Gasteiger partial charge on any atom is -0.313 e. The second-order valence-electron chi connectivity index (χ2n) is 5.44. The first-order chi connectivity index (χ1) is 7.74.